The first-order valence-corrected chi connectivity index (χ1v) is 8.12. The van der Waals surface area contributed by atoms with Crippen molar-refractivity contribution in [3.63, 3.8) is 0 Å². The third kappa shape index (κ3) is 6.22. The lowest BCUT2D eigenvalue weighted by atomic mass is 10.3. The van der Waals surface area contributed by atoms with Gasteiger partial charge in [-0.15, -0.1) is 0 Å². The zero-order valence-electron chi connectivity index (χ0n) is 13.5. The van der Waals surface area contributed by atoms with E-state index in [4.69, 9.17) is 18.9 Å². The minimum absolute atomic E-state index is 0.537. The summed E-state index contributed by atoms with van der Waals surface area (Å²) in [5.74, 6) is 1.59. The van der Waals surface area contributed by atoms with Crippen molar-refractivity contribution >= 4 is 0 Å². The summed E-state index contributed by atoms with van der Waals surface area (Å²) in [5, 5.41) is 0. The Kier molecular flexibility index (Phi) is 8.09. The van der Waals surface area contributed by atoms with E-state index in [1.165, 1.54) is 0 Å². The van der Waals surface area contributed by atoms with Gasteiger partial charge in [-0.3, -0.25) is 4.90 Å². The SMILES string of the molecule is CCCOc1ccccc1OCCOCCN1CCOCC1. The Balaban J connectivity index is 1.58. The quantitative estimate of drug-likeness (QED) is 0.620. The molecular formula is C17H27NO4. The molecule has 0 bridgehead atoms. The van der Waals surface area contributed by atoms with Gasteiger partial charge in [-0.25, -0.2) is 0 Å². The zero-order valence-corrected chi connectivity index (χ0v) is 13.5. The largest absolute Gasteiger partial charge is 0.490 e. The summed E-state index contributed by atoms with van der Waals surface area (Å²) < 4.78 is 22.4. The van der Waals surface area contributed by atoms with Gasteiger partial charge >= 0.3 is 0 Å². The topological polar surface area (TPSA) is 40.2 Å². The van der Waals surface area contributed by atoms with Crippen LogP contribution in [0.5, 0.6) is 11.5 Å². The van der Waals surface area contributed by atoms with Crippen LogP contribution in [-0.4, -0.2) is 64.2 Å². The monoisotopic (exact) mass is 309 g/mol. The molecule has 1 aliphatic heterocycles. The molecule has 1 saturated heterocycles. The highest BCUT2D eigenvalue weighted by Crippen LogP contribution is 2.26. The smallest absolute Gasteiger partial charge is 0.161 e. The lowest BCUT2D eigenvalue weighted by Crippen LogP contribution is -2.38. The first-order chi connectivity index (χ1) is 10.9. The van der Waals surface area contributed by atoms with E-state index in [9.17, 15) is 0 Å². The zero-order chi connectivity index (χ0) is 15.5. The summed E-state index contributed by atoms with van der Waals surface area (Å²) in [6.07, 6.45) is 0.985. The highest BCUT2D eigenvalue weighted by atomic mass is 16.5. The van der Waals surface area contributed by atoms with Crippen LogP contribution in [0, 0.1) is 0 Å². The Morgan fingerprint density at radius 1 is 0.955 bits per heavy atom. The van der Waals surface area contributed by atoms with Crippen LogP contribution >= 0.6 is 0 Å². The molecule has 0 atom stereocenters. The molecule has 5 nitrogen and oxygen atoms in total. The average Bonchev–Trinajstić information content (AvgIpc) is 2.58. The molecule has 1 heterocycles. The van der Waals surface area contributed by atoms with E-state index in [2.05, 4.69) is 11.8 Å². The van der Waals surface area contributed by atoms with Crippen LogP contribution in [0.15, 0.2) is 24.3 Å². The third-order valence-corrected chi connectivity index (χ3v) is 3.45. The van der Waals surface area contributed by atoms with Gasteiger partial charge in [-0.05, 0) is 18.6 Å². The van der Waals surface area contributed by atoms with E-state index in [1.54, 1.807) is 0 Å². The summed E-state index contributed by atoms with van der Waals surface area (Å²) in [5.41, 5.74) is 0. The molecule has 0 aliphatic carbocycles. The van der Waals surface area contributed by atoms with Crippen LogP contribution in [0.2, 0.25) is 0 Å². The van der Waals surface area contributed by atoms with Gasteiger partial charge < -0.3 is 18.9 Å². The van der Waals surface area contributed by atoms with Crippen molar-refractivity contribution in [3.05, 3.63) is 24.3 Å². The molecule has 1 aliphatic rings. The Morgan fingerprint density at radius 3 is 2.32 bits per heavy atom. The average molecular weight is 309 g/mol. The summed E-state index contributed by atoms with van der Waals surface area (Å²) in [6, 6.07) is 7.77. The predicted octanol–water partition coefficient (Wildman–Crippen LogP) is 2.20. The number of ether oxygens (including phenoxy) is 4. The standard InChI is InChI=1S/C17H27NO4/c1-2-10-21-16-5-3-4-6-17(16)22-15-14-20-13-9-18-7-11-19-12-8-18/h3-6H,2,7-15H2,1H3. The normalized spacial score (nSPS) is 15.7. The van der Waals surface area contributed by atoms with Crippen LogP contribution in [0.25, 0.3) is 0 Å². The molecule has 0 amide bonds. The van der Waals surface area contributed by atoms with Gasteiger partial charge in [-0.1, -0.05) is 19.1 Å². The molecule has 124 valence electrons. The van der Waals surface area contributed by atoms with Gasteiger partial charge in [0.15, 0.2) is 11.5 Å². The molecule has 1 aromatic carbocycles. The van der Waals surface area contributed by atoms with Gasteiger partial charge in [0.05, 0.1) is 33.0 Å². The fraction of sp³-hybridized carbons (Fsp3) is 0.647. The number of rotatable bonds is 10. The molecule has 22 heavy (non-hydrogen) atoms. The minimum Gasteiger partial charge on any atom is -0.490 e. The Morgan fingerprint density at radius 2 is 1.64 bits per heavy atom. The van der Waals surface area contributed by atoms with Gasteiger partial charge in [0.2, 0.25) is 0 Å². The molecule has 1 aromatic rings. The molecule has 2 rings (SSSR count). The van der Waals surface area contributed by atoms with Crippen molar-refractivity contribution < 1.29 is 18.9 Å². The maximum atomic E-state index is 5.74. The predicted molar refractivity (Wildman–Crippen MR) is 85.8 cm³/mol. The van der Waals surface area contributed by atoms with E-state index in [-0.39, 0.29) is 0 Å². The highest BCUT2D eigenvalue weighted by Gasteiger charge is 2.09. The molecule has 0 spiro atoms. The number of hydrogen-bond acceptors (Lipinski definition) is 5. The number of morpholine rings is 1. The van der Waals surface area contributed by atoms with Gasteiger partial charge in [0.1, 0.15) is 6.61 Å². The van der Waals surface area contributed by atoms with Crippen LogP contribution in [-0.2, 0) is 9.47 Å². The van der Waals surface area contributed by atoms with E-state index < -0.39 is 0 Å². The Bertz CT molecular complexity index is 407. The fourth-order valence-corrected chi connectivity index (χ4v) is 2.23. The molecule has 0 unspecified atom stereocenters. The molecule has 0 aromatic heterocycles. The lowest BCUT2D eigenvalue weighted by molar-refractivity contribution is 0.0169. The van der Waals surface area contributed by atoms with Crippen molar-refractivity contribution in [3.8, 4) is 11.5 Å². The number of para-hydroxylation sites is 2. The molecule has 0 radical (unpaired) electrons. The van der Waals surface area contributed by atoms with Gasteiger partial charge in [-0.2, -0.15) is 0 Å². The van der Waals surface area contributed by atoms with Crippen molar-refractivity contribution in [2.24, 2.45) is 0 Å². The molecule has 5 heteroatoms. The summed E-state index contributed by atoms with van der Waals surface area (Å²) in [6.45, 7) is 9.28. The first-order valence-electron chi connectivity index (χ1n) is 8.12. The highest BCUT2D eigenvalue weighted by molar-refractivity contribution is 5.39. The Hall–Kier alpha value is -1.30. The van der Waals surface area contributed by atoms with Gasteiger partial charge in [0.25, 0.3) is 0 Å². The van der Waals surface area contributed by atoms with Crippen LogP contribution in [0.1, 0.15) is 13.3 Å². The number of hydrogen-bond donors (Lipinski definition) is 0. The first kappa shape index (κ1) is 17.1. The van der Waals surface area contributed by atoms with Gasteiger partial charge in [0, 0.05) is 19.6 Å². The fourth-order valence-electron chi connectivity index (χ4n) is 2.23. The lowest BCUT2D eigenvalue weighted by Gasteiger charge is -2.26. The second-order valence-electron chi connectivity index (χ2n) is 5.21. The van der Waals surface area contributed by atoms with Crippen LogP contribution < -0.4 is 9.47 Å². The summed E-state index contributed by atoms with van der Waals surface area (Å²) in [4.78, 5) is 2.36. The molecule has 0 N–H and O–H groups in total. The maximum Gasteiger partial charge on any atom is 0.161 e. The van der Waals surface area contributed by atoms with E-state index in [1.807, 2.05) is 24.3 Å². The van der Waals surface area contributed by atoms with Crippen molar-refractivity contribution in [2.45, 2.75) is 13.3 Å². The third-order valence-electron chi connectivity index (χ3n) is 3.45. The Labute approximate surface area is 133 Å². The van der Waals surface area contributed by atoms with E-state index in [0.29, 0.717) is 19.8 Å². The number of nitrogens with zero attached hydrogens (tertiary/aromatic N) is 1. The van der Waals surface area contributed by atoms with Crippen LogP contribution in [0.3, 0.4) is 0 Å². The van der Waals surface area contributed by atoms with Crippen molar-refractivity contribution in [2.75, 3.05) is 59.3 Å². The van der Waals surface area contributed by atoms with E-state index >= 15 is 0 Å². The van der Waals surface area contributed by atoms with Crippen molar-refractivity contribution in [1.29, 1.82) is 0 Å². The van der Waals surface area contributed by atoms with Crippen LogP contribution in [0.4, 0.5) is 0 Å². The molecule has 0 saturated carbocycles. The minimum atomic E-state index is 0.537. The number of benzene rings is 1. The molecular weight excluding hydrogens is 282 g/mol. The summed E-state index contributed by atoms with van der Waals surface area (Å²) >= 11 is 0. The second-order valence-corrected chi connectivity index (χ2v) is 5.21. The molecule has 1 fully saturated rings. The second kappa shape index (κ2) is 10.4. The maximum absolute atomic E-state index is 5.74. The summed E-state index contributed by atoms with van der Waals surface area (Å²) in [7, 11) is 0. The van der Waals surface area contributed by atoms with E-state index in [0.717, 1.165) is 57.4 Å². The van der Waals surface area contributed by atoms with Crippen molar-refractivity contribution in [1.82, 2.24) is 4.90 Å².